The molecule has 0 unspecified atom stereocenters. The smallest absolute Gasteiger partial charge is 0.160 e. The van der Waals surface area contributed by atoms with Crippen LogP contribution >= 0.6 is 0 Å². The molecule has 0 saturated carbocycles. The zero-order chi connectivity index (χ0) is 38.7. The van der Waals surface area contributed by atoms with E-state index >= 15 is 0 Å². The Morgan fingerprint density at radius 1 is 0.534 bits per heavy atom. The predicted octanol–water partition coefficient (Wildman–Crippen LogP) is 14.2. The molecule has 0 atom stereocenters. The van der Waals surface area contributed by atoms with Gasteiger partial charge in [-0.05, 0) is 61.5 Å². The van der Waals surface area contributed by atoms with Gasteiger partial charge in [-0.3, -0.25) is 0 Å². The van der Waals surface area contributed by atoms with Gasteiger partial charge >= 0.3 is 0 Å². The summed E-state index contributed by atoms with van der Waals surface area (Å²) in [5, 5.41) is 6.74. The lowest BCUT2D eigenvalue weighted by Gasteiger charge is -2.13. The molecule has 0 saturated heterocycles. The van der Waals surface area contributed by atoms with Crippen LogP contribution in [0.4, 0.5) is 0 Å². The standard InChI is InChI=1S/C53H36N4O/c1-3-4-7-17-34(2)56-46-26-14-12-25-41(46)51-47(56)29-28-40-42-32-50-43(39-24-13-15-27-49(39)58-50)31-48(42)57(52(40)51)38-23-16-22-37(30-38)53-54-44(35-18-8-5-9-19-35)33-45(55-53)36-20-10-6-11-21-36/h3-33H,2H2,1H3/b4-3-,17-7-. The Balaban J connectivity index is 1.22. The van der Waals surface area contributed by atoms with Gasteiger partial charge in [0.2, 0.25) is 0 Å². The first-order valence-electron chi connectivity index (χ1n) is 19.6. The third kappa shape index (κ3) is 5.32. The van der Waals surface area contributed by atoms with Crippen LogP contribution in [0.1, 0.15) is 6.92 Å². The highest BCUT2D eigenvalue weighted by Crippen LogP contribution is 2.44. The molecule has 58 heavy (non-hydrogen) atoms. The maximum absolute atomic E-state index is 6.48. The largest absolute Gasteiger partial charge is 0.456 e. The van der Waals surface area contributed by atoms with E-state index in [1.807, 2.05) is 73.7 Å². The molecule has 0 fully saturated rings. The van der Waals surface area contributed by atoms with Gasteiger partial charge in [-0.1, -0.05) is 140 Å². The summed E-state index contributed by atoms with van der Waals surface area (Å²) < 4.78 is 11.2. The molecular formula is C53H36N4O. The normalized spacial score (nSPS) is 12.2. The van der Waals surface area contributed by atoms with Crippen molar-refractivity contribution >= 4 is 71.2 Å². The van der Waals surface area contributed by atoms with E-state index < -0.39 is 0 Å². The van der Waals surface area contributed by atoms with Crippen molar-refractivity contribution in [2.75, 3.05) is 0 Å². The van der Waals surface area contributed by atoms with Crippen LogP contribution in [0.5, 0.6) is 0 Å². The van der Waals surface area contributed by atoms with Crippen molar-refractivity contribution in [2.24, 2.45) is 0 Å². The first-order chi connectivity index (χ1) is 28.6. The molecule has 4 aromatic heterocycles. The number of benzene rings is 7. The number of fused-ring (bicyclic) bond motifs is 10. The van der Waals surface area contributed by atoms with Crippen LogP contribution in [0.2, 0.25) is 0 Å². The SMILES string of the molecule is C=C(/C=C\C=C/C)n1c2ccccc2c2c1ccc1c3cc4oc5ccccc5c4cc3n(-c3cccc(-c4nc(-c5ccccc5)cc(-c5ccccc5)n4)c3)c12. The summed E-state index contributed by atoms with van der Waals surface area (Å²) in [4.78, 5) is 10.4. The van der Waals surface area contributed by atoms with Gasteiger partial charge in [0.15, 0.2) is 5.82 Å². The summed E-state index contributed by atoms with van der Waals surface area (Å²) in [6.45, 7) is 6.56. The molecule has 11 aromatic rings. The number of para-hydroxylation sites is 2. The predicted molar refractivity (Wildman–Crippen MR) is 242 cm³/mol. The monoisotopic (exact) mass is 744 g/mol. The quantitative estimate of drug-likeness (QED) is 0.153. The van der Waals surface area contributed by atoms with Crippen molar-refractivity contribution in [2.45, 2.75) is 6.92 Å². The second kappa shape index (κ2) is 13.5. The first kappa shape index (κ1) is 33.6. The number of hydrogen-bond donors (Lipinski definition) is 0. The molecule has 0 aliphatic heterocycles. The number of aromatic nitrogens is 4. The highest BCUT2D eigenvalue weighted by atomic mass is 16.3. The van der Waals surface area contributed by atoms with Crippen molar-refractivity contribution in [1.82, 2.24) is 19.1 Å². The number of rotatable bonds is 7. The Kier molecular flexibility index (Phi) is 7.79. The Labute approximate surface area is 334 Å². The van der Waals surface area contributed by atoms with Crippen LogP contribution in [0, 0.1) is 0 Å². The third-order valence-electron chi connectivity index (χ3n) is 11.2. The van der Waals surface area contributed by atoms with Crippen LogP contribution in [-0.2, 0) is 0 Å². The lowest BCUT2D eigenvalue weighted by molar-refractivity contribution is 0.669. The highest BCUT2D eigenvalue weighted by Gasteiger charge is 2.23. The van der Waals surface area contributed by atoms with Crippen molar-refractivity contribution in [1.29, 1.82) is 0 Å². The van der Waals surface area contributed by atoms with E-state index in [1.165, 1.54) is 0 Å². The number of allylic oxidation sites excluding steroid dienone is 5. The highest BCUT2D eigenvalue weighted by molar-refractivity contribution is 6.28. The molecule has 7 aromatic carbocycles. The summed E-state index contributed by atoms with van der Waals surface area (Å²) >= 11 is 0. The fraction of sp³-hybridized carbons (Fsp3) is 0.0189. The van der Waals surface area contributed by atoms with Gasteiger partial charge in [0, 0.05) is 60.4 Å². The first-order valence-corrected chi connectivity index (χ1v) is 19.6. The average molecular weight is 745 g/mol. The van der Waals surface area contributed by atoms with Gasteiger partial charge in [-0.2, -0.15) is 0 Å². The number of furan rings is 1. The molecule has 4 heterocycles. The Morgan fingerprint density at radius 3 is 1.98 bits per heavy atom. The van der Waals surface area contributed by atoms with Crippen LogP contribution in [0.3, 0.4) is 0 Å². The zero-order valence-electron chi connectivity index (χ0n) is 31.8. The van der Waals surface area contributed by atoms with Gasteiger partial charge in [0.1, 0.15) is 11.2 Å². The fourth-order valence-corrected chi connectivity index (χ4v) is 8.58. The van der Waals surface area contributed by atoms with Gasteiger partial charge in [-0.15, -0.1) is 0 Å². The topological polar surface area (TPSA) is 48.8 Å². The van der Waals surface area contributed by atoms with E-state index in [4.69, 9.17) is 14.4 Å². The van der Waals surface area contributed by atoms with Crippen LogP contribution < -0.4 is 0 Å². The Hall–Kier alpha value is -7.76. The van der Waals surface area contributed by atoms with E-state index in [-0.39, 0.29) is 0 Å². The van der Waals surface area contributed by atoms with Crippen molar-refractivity contribution in [3.63, 3.8) is 0 Å². The van der Waals surface area contributed by atoms with E-state index in [2.05, 4.69) is 137 Å². The molecule has 5 nitrogen and oxygen atoms in total. The molecule has 0 amide bonds. The fourth-order valence-electron chi connectivity index (χ4n) is 8.58. The second-order valence-corrected chi connectivity index (χ2v) is 14.6. The van der Waals surface area contributed by atoms with Crippen LogP contribution in [0.15, 0.2) is 199 Å². The van der Waals surface area contributed by atoms with Crippen LogP contribution in [-0.4, -0.2) is 19.1 Å². The molecule has 0 aliphatic rings. The molecule has 0 aliphatic carbocycles. The summed E-state index contributed by atoms with van der Waals surface area (Å²) in [7, 11) is 0. The molecular weight excluding hydrogens is 709 g/mol. The molecule has 274 valence electrons. The molecule has 0 radical (unpaired) electrons. The molecule has 0 N–H and O–H groups in total. The third-order valence-corrected chi connectivity index (χ3v) is 11.2. The maximum Gasteiger partial charge on any atom is 0.160 e. The van der Waals surface area contributed by atoms with E-state index in [0.29, 0.717) is 5.82 Å². The van der Waals surface area contributed by atoms with Gasteiger partial charge in [-0.25, -0.2) is 9.97 Å². The summed E-state index contributed by atoms with van der Waals surface area (Å²) in [6.07, 6.45) is 8.17. The van der Waals surface area contributed by atoms with Crippen molar-refractivity contribution in [3.05, 3.63) is 195 Å². The van der Waals surface area contributed by atoms with Crippen molar-refractivity contribution < 1.29 is 4.42 Å². The van der Waals surface area contributed by atoms with E-state index in [9.17, 15) is 0 Å². The van der Waals surface area contributed by atoms with E-state index in [1.54, 1.807) is 0 Å². The minimum absolute atomic E-state index is 0.664. The lowest BCUT2D eigenvalue weighted by atomic mass is 10.1. The zero-order valence-corrected chi connectivity index (χ0v) is 31.8. The summed E-state index contributed by atoms with van der Waals surface area (Å²) in [5.41, 5.74) is 12.8. The van der Waals surface area contributed by atoms with Gasteiger partial charge in [0.25, 0.3) is 0 Å². The van der Waals surface area contributed by atoms with Crippen LogP contribution in [0.25, 0.3) is 111 Å². The van der Waals surface area contributed by atoms with E-state index in [0.717, 1.165) is 105 Å². The average Bonchev–Trinajstić information content (AvgIpc) is 3.93. The number of nitrogens with zero attached hydrogens (tertiary/aromatic N) is 4. The minimum atomic E-state index is 0.664. The number of hydrogen-bond acceptors (Lipinski definition) is 3. The minimum Gasteiger partial charge on any atom is -0.456 e. The molecule has 11 rings (SSSR count). The molecule has 0 spiro atoms. The van der Waals surface area contributed by atoms with Crippen molar-refractivity contribution in [3.8, 4) is 39.6 Å². The van der Waals surface area contributed by atoms with Gasteiger partial charge in [0.05, 0.1) is 33.5 Å². The summed E-state index contributed by atoms with van der Waals surface area (Å²) in [6, 6.07) is 57.3. The second-order valence-electron chi connectivity index (χ2n) is 14.6. The molecule has 0 bridgehead atoms. The Morgan fingerprint density at radius 2 is 1.22 bits per heavy atom. The summed E-state index contributed by atoms with van der Waals surface area (Å²) in [5.74, 6) is 0.664. The Bertz CT molecular complexity index is 3410. The van der Waals surface area contributed by atoms with Gasteiger partial charge < -0.3 is 13.6 Å². The maximum atomic E-state index is 6.48. The molecule has 5 heteroatoms. The lowest BCUT2D eigenvalue weighted by Crippen LogP contribution is -1.98.